The number of rotatable bonds is 4. The first-order chi connectivity index (χ1) is 10.3. The van der Waals surface area contributed by atoms with Crippen LogP contribution >= 0.6 is 0 Å². The van der Waals surface area contributed by atoms with Crippen molar-refractivity contribution in [2.75, 3.05) is 16.4 Å². The summed E-state index contributed by atoms with van der Waals surface area (Å²) in [4.78, 5) is 19.6. The van der Waals surface area contributed by atoms with Gasteiger partial charge in [-0.15, -0.1) is 0 Å². The van der Waals surface area contributed by atoms with Gasteiger partial charge in [0.2, 0.25) is 0 Å². The SMILES string of the molecule is CC(=O)c1ccc(Nc2ncnc(NC(C)(C)C)c2N)cc1. The number of nitrogens with zero attached hydrogens (tertiary/aromatic N) is 2. The molecule has 0 atom stereocenters. The van der Waals surface area contributed by atoms with E-state index < -0.39 is 0 Å². The second-order valence-electron chi connectivity index (χ2n) is 6.12. The van der Waals surface area contributed by atoms with Gasteiger partial charge in [0.25, 0.3) is 0 Å². The molecular formula is C16H21N5O. The van der Waals surface area contributed by atoms with E-state index in [4.69, 9.17) is 5.73 Å². The summed E-state index contributed by atoms with van der Waals surface area (Å²) in [6, 6.07) is 7.15. The third kappa shape index (κ3) is 3.94. The highest BCUT2D eigenvalue weighted by atomic mass is 16.1. The molecule has 0 amide bonds. The van der Waals surface area contributed by atoms with Gasteiger partial charge in [-0.05, 0) is 52.0 Å². The lowest BCUT2D eigenvalue weighted by atomic mass is 10.1. The molecule has 0 bridgehead atoms. The van der Waals surface area contributed by atoms with Crippen LogP contribution in [0.1, 0.15) is 38.1 Å². The molecule has 0 radical (unpaired) electrons. The number of nitrogens with one attached hydrogen (secondary N) is 2. The fourth-order valence-electron chi connectivity index (χ4n) is 1.87. The quantitative estimate of drug-likeness (QED) is 0.751. The summed E-state index contributed by atoms with van der Waals surface area (Å²) in [5, 5.41) is 6.38. The van der Waals surface area contributed by atoms with Crippen LogP contribution in [0.2, 0.25) is 0 Å². The number of nitrogens with two attached hydrogens (primary N) is 1. The lowest BCUT2D eigenvalue weighted by molar-refractivity contribution is 0.101. The second kappa shape index (κ2) is 6.01. The summed E-state index contributed by atoms with van der Waals surface area (Å²) in [7, 11) is 0. The predicted molar refractivity (Wildman–Crippen MR) is 89.5 cm³/mol. The van der Waals surface area contributed by atoms with Crippen molar-refractivity contribution < 1.29 is 4.79 Å². The van der Waals surface area contributed by atoms with Gasteiger partial charge in [0.1, 0.15) is 12.0 Å². The number of hydrogen-bond acceptors (Lipinski definition) is 6. The van der Waals surface area contributed by atoms with Crippen LogP contribution in [0.25, 0.3) is 0 Å². The molecule has 0 aliphatic carbocycles. The summed E-state index contributed by atoms with van der Waals surface area (Å²) in [6.45, 7) is 7.63. The zero-order valence-electron chi connectivity index (χ0n) is 13.3. The Hall–Kier alpha value is -2.63. The van der Waals surface area contributed by atoms with Crippen molar-refractivity contribution in [2.24, 2.45) is 0 Å². The van der Waals surface area contributed by atoms with E-state index in [9.17, 15) is 4.79 Å². The van der Waals surface area contributed by atoms with E-state index in [0.29, 0.717) is 22.9 Å². The highest BCUT2D eigenvalue weighted by molar-refractivity contribution is 5.94. The van der Waals surface area contributed by atoms with Crippen LogP contribution in [0.4, 0.5) is 23.0 Å². The summed E-state index contributed by atoms with van der Waals surface area (Å²) in [5.41, 5.74) is 7.88. The zero-order chi connectivity index (χ0) is 16.3. The number of benzene rings is 1. The molecule has 6 nitrogen and oxygen atoms in total. The number of nitrogen functional groups attached to an aromatic ring is 1. The van der Waals surface area contributed by atoms with Gasteiger partial charge in [0.15, 0.2) is 17.4 Å². The number of carbonyl (C=O) groups excluding carboxylic acids is 1. The smallest absolute Gasteiger partial charge is 0.159 e. The van der Waals surface area contributed by atoms with Crippen LogP contribution < -0.4 is 16.4 Å². The van der Waals surface area contributed by atoms with Crippen LogP contribution in [0.15, 0.2) is 30.6 Å². The van der Waals surface area contributed by atoms with Gasteiger partial charge in [-0.25, -0.2) is 9.97 Å². The Bertz CT molecular complexity index is 674. The van der Waals surface area contributed by atoms with Crippen molar-refractivity contribution in [3.8, 4) is 0 Å². The molecule has 116 valence electrons. The third-order valence-electron chi connectivity index (χ3n) is 2.93. The van der Waals surface area contributed by atoms with E-state index in [1.807, 2.05) is 32.9 Å². The Morgan fingerprint density at radius 1 is 1.09 bits per heavy atom. The highest BCUT2D eigenvalue weighted by Crippen LogP contribution is 2.27. The van der Waals surface area contributed by atoms with Gasteiger partial charge in [-0.1, -0.05) is 0 Å². The minimum atomic E-state index is -0.150. The molecule has 1 aromatic heterocycles. The number of Topliss-reactive ketones (excluding diaryl/α,β-unsaturated/α-hetero) is 1. The molecule has 22 heavy (non-hydrogen) atoms. The van der Waals surface area contributed by atoms with E-state index in [0.717, 1.165) is 5.69 Å². The Morgan fingerprint density at radius 3 is 2.23 bits per heavy atom. The number of ketones is 1. The first-order valence-electron chi connectivity index (χ1n) is 7.03. The summed E-state index contributed by atoms with van der Waals surface area (Å²) >= 11 is 0. The minimum absolute atomic E-state index is 0.0322. The molecule has 4 N–H and O–H groups in total. The van der Waals surface area contributed by atoms with Gasteiger partial charge in [0, 0.05) is 16.8 Å². The van der Waals surface area contributed by atoms with Crippen molar-refractivity contribution >= 4 is 28.8 Å². The van der Waals surface area contributed by atoms with Gasteiger partial charge < -0.3 is 16.4 Å². The largest absolute Gasteiger partial charge is 0.393 e. The second-order valence-corrected chi connectivity index (χ2v) is 6.12. The summed E-state index contributed by atoms with van der Waals surface area (Å²) in [6.07, 6.45) is 1.46. The molecule has 2 aromatic rings. The number of aromatic nitrogens is 2. The molecule has 0 saturated carbocycles. The van der Waals surface area contributed by atoms with Crippen LogP contribution in [0.3, 0.4) is 0 Å². The third-order valence-corrected chi connectivity index (χ3v) is 2.93. The maximum Gasteiger partial charge on any atom is 0.159 e. The van der Waals surface area contributed by atoms with Gasteiger partial charge in [-0.3, -0.25) is 4.79 Å². The van der Waals surface area contributed by atoms with Crippen molar-refractivity contribution in [1.82, 2.24) is 9.97 Å². The Balaban J connectivity index is 2.22. The fraction of sp³-hybridized carbons (Fsp3) is 0.312. The number of hydrogen-bond donors (Lipinski definition) is 3. The maximum atomic E-state index is 11.3. The molecule has 1 heterocycles. The van der Waals surface area contributed by atoms with E-state index in [2.05, 4.69) is 20.6 Å². The van der Waals surface area contributed by atoms with E-state index >= 15 is 0 Å². The lowest BCUT2D eigenvalue weighted by Crippen LogP contribution is -2.27. The Morgan fingerprint density at radius 2 is 1.68 bits per heavy atom. The molecule has 0 spiro atoms. The lowest BCUT2D eigenvalue weighted by Gasteiger charge is -2.22. The molecular weight excluding hydrogens is 278 g/mol. The van der Waals surface area contributed by atoms with Crippen molar-refractivity contribution in [3.63, 3.8) is 0 Å². The highest BCUT2D eigenvalue weighted by Gasteiger charge is 2.15. The predicted octanol–water partition coefficient (Wildman–Crippen LogP) is 3.22. The molecule has 0 fully saturated rings. The topological polar surface area (TPSA) is 92.9 Å². The molecule has 0 aliphatic heterocycles. The minimum Gasteiger partial charge on any atom is -0.393 e. The van der Waals surface area contributed by atoms with E-state index in [-0.39, 0.29) is 11.3 Å². The van der Waals surface area contributed by atoms with Gasteiger partial charge >= 0.3 is 0 Å². The Labute approximate surface area is 130 Å². The van der Waals surface area contributed by atoms with Crippen molar-refractivity contribution in [2.45, 2.75) is 33.2 Å². The molecule has 2 rings (SSSR count). The van der Waals surface area contributed by atoms with E-state index in [1.54, 1.807) is 12.1 Å². The van der Waals surface area contributed by atoms with Gasteiger partial charge in [-0.2, -0.15) is 0 Å². The standard InChI is InChI=1S/C16H21N5O/c1-10(22)11-5-7-12(8-6-11)20-14-13(17)15(19-9-18-14)21-16(2,3)4/h5-9H,17H2,1-4H3,(H2,18,19,20,21). The van der Waals surface area contributed by atoms with Crippen LogP contribution in [0, 0.1) is 0 Å². The average Bonchev–Trinajstić information content (AvgIpc) is 2.42. The normalized spacial score (nSPS) is 11.1. The summed E-state index contributed by atoms with van der Waals surface area (Å²) in [5.74, 6) is 1.15. The van der Waals surface area contributed by atoms with Crippen molar-refractivity contribution in [3.05, 3.63) is 36.2 Å². The zero-order valence-corrected chi connectivity index (χ0v) is 13.3. The summed E-state index contributed by atoms with van der Waals surface area (Å²) < 4.78 is 0. The molecule has 0 aliphatic rings. The maximum absolute atomic E-state index is 11.3. The van der Waals surface area contributed by atoms with Crippen molar-refractivity contribution in [1.29, 1.82) is 0 Å². The van der Waals surface area contributed by atoms with Crippen LogP contribution in [0.5, 0.6) is 0 Å². The first kappa shape index (κ1) is 15.8. The van der Waals surface area contributed by atoms with Gasteiger partial charge in [0.05, 0.1) is 0 Å². The monoisotopic (exact) mass is 299 g/mol. The van der Waals surface area contributed by atoms with E-state index in [1.165, 1.54) is 13.3 Å². The number of carbonyl (C=O) groups is 1. The molecule has 0 unspecified atom stereocenters. The first-order valence-corrected chi connectivity index (χ1v) is 7.03. The molecule has 1 aromatic carbocycles. The Kier molecular flexibility index (Phi) is 4.30. The fourth-order valence-corrected chi connectivity index (χ4v) is 1.87. The molecule has 0 saturated heterocycles. The van der Waals surface area contributed by atoms with Crippen LogP contribution in [-0.4, -0.2) is 21.3 Å². The van der Waals surface area contributed by atoms with Crippen LogP contribution in [-0.2, 0) is 0 Å². The number of anilines is 4. The average molecular weight is 299 g/mol. The molecule has 6 heteroatoms.